The molecule has 0 aromatic heterocycles. The van der Waals surface area contributed by atoms with Crippen LogP contribution >= 0.6 is 24.0 Å². The van der Waals surface area contributed by atoms with E-state index in [0.29, 0.717) is 0 Å². The van der Waals surface area contributed by atoms with E-state index in [9.17, 15) is 0 Å². The smallest absolute Gasteiger partial charge is 0.191 e. The fourth-order valence-corrected chi connectivity index (χ4v) is 3.85. The topological polar surface area (TPSA) is 57.3 Å². The van der Waals surface area contributed by atoms with Crippen LogP contribution in [0.4, 0.5) is 5.69 Å². The van der Waals surface area contributed by atoms with Crippen LogP contribution in [-0.2, 0) is 0 Å². The summed E-state index contributed by atoms with van der Waals surface area (Å²) in [5.41, 5.74) is 7.44. The Bertz CT molecular complexity index is 593. The highest BCUT2D eigenvalue weighted by Gasteiger charge is 2.18. The molecule has 1 aromatic carbocycles. The molecule has 0 saturated carbocycles. The molecule has 2 saturated heterocycles. The molecule has 2 heterocycles. The van der Waals surface area contributed by atoms with Gasteiger partial charge < -0.3 is 20.3 Å². The number of anilines is 1. The minimum atomic E-state index is 0. The predicted molar refractivity (Wildman–Crippen MR) is 128 cm³/mol. The maximum Gasteiger partial charge on any atom is 0.191 e. The van der Waals surface area contributed by atoms with Crippen molar-refractivity contribution in [1.82, 2.24) is 9.80 Å². The molecular weight excluding hydrogens is 465 g/mol. The fraction of sp³-hybridized carbons (Fsp3) is 0.667. The van der Waals surface area contributed by atoms with Gasteiger partial charge in [0.25, 0.3) is 0 Å². The van der Waals surface area contributed by atoms with Crippen molar-refractivity contribution in [2.75, 3.05) is 64.4 Å². The maximum absolute atomic E-state index is 6.16. The molecule has 2 aliphatic heterocycles. The number of piperazine rings is 1. The number of rotatable bonds is 6. The summed E-state index contributed by atoms with van der Waals surface area (Å²) < 4.78 is 5.24. The second-order valence-electron chi connectivity index (χ2n) is 7.79. The molecule has 158 valence electrons. The highest BCUT2D eigenvalue weighted by atomic mass is 127. The van der Waals surface area contributed by atoms with Gasteiger partial charge in [-0.25, -0.2) is 0 Å². The van der Waals surface area contributed by atoms with E-state index in [-0.39, 0.29) is 24.0 Å². The van der Waals surface area contributed by atoms with Crippen molar-refractivity contribution in [1.29, 1.82) is 0 Å². The van der Waals surface area contributed by atoms with Crippen LogP contribution < -0.4 is 15.4 Å². The number of nitrogens with two attached hydrogens (primary N) is 1. The van der Waals surface area contributed by atoms with Crippen molar-refractivity contribution in [3.8, 4) is 5.75 Å². The van der Waals surface area contributed by atoms with Crippen molar-refractivity contribution in [2.24, 2.45) is 16.6 Å². The molecule has 0 spiro atoms. The first-order chi connectivity index (χ1) is 13.2. The third-order valence-electron chi connectivity index (χ3n) is 5.82. The molecule has 28 heavy (non-hydrogen) atoms. The minimum absolute atomic E-state index is 0. The van der Waals surface area contributed by atoms with Crippen LogP contribution in [0.15, 0.2) is 29.3 Å². The van der Waals surface area contributed by atoms with E-state index >= 15 is 0 Å². The van der Waals surface area contributed by atoms with Gasteiger partial charge in [-0.3, -0.25) is 9.89 Å². The van der Waals surface area contributed by atoms with Crippen LogP contribution in [0.3, 0.4) is 0 Å². The van der Waals surface area contributed by atoms with Crippen LogP contribution in [0, 0.1) is 5.92 Å². The number of halogens is 1. The Balaban J connectivity index is 0.00000280. The Morgan fingerprint density at radius 1 is 1.07 bits per heavy atom. The Hall–Kier alpha value is -1.22. The quantitative estimate of drug-likeness (QED) is 0.281. The van der Waals surface area contributed by atoms with Gasteiger partial charge >= 0.3 is 0 Å². The molecule has 0 unspecified atom stereocenters. The van der Waals surface area contributed by atoms with E-state index in [1.807, 2.05) is 12.1 Å². The SMILES string of the molecule is COc1ccc(N2CCN(CCCN=C(N)N3CCC(C)CC3)CC2)cc1.I. The van der Waals surface area contributed by atoms with Crippen LogP contribution in [-0.4, -0.2) is 75.2 Å². The Morgan fingerprint density at radius 2 is 1.71 bits per heavy atom. The molecule has 2 fully saturated rings. The lowest BCUT2D eigenvalue weighted by Crippen LogP contribution is -2.46. The number of methoxy groups -OCH3 is 1. The Kier molecular flexibility index (Phi) is 9.64. The van der Waals surface area contributed by atoms with Gasteiger partial charge in [0.05, 0.1) is 7.11 Å². The number of piperidine rings is 1. The second kappa shape index (κ2) is 11.7. The maximum atomic E-state index is 6.16. The van der Waals surface area contributed by atoms with E-state index in [4.69, 9.17) is 10.5 Å². The van der Waals surface area contributed by atoms with Crippen molar-refractivity contribution in [3.63, 3.8) is 0 Å². The Labute approximate surface area is 187 Å². The highest BCUT2D eigenvalue weighted by Crippen LogP contribution is 2.20. The fourth-order valence-electron chi connectivity index (χ4n) is 3.85. The summed E-state index contributed by atoms with van der Waals surface area (Å²) >= 11 is 0. The first-order valence-corrected chi connectivity index (χ1v) is 10.3. The zero-order valence-electron chi connectivity index (χ0n) is 17.3. The van der Waals surface area contributed by atoms with Crippen LogP contribution in [0.2, 0.25) is 0 Å². The molecule has 7 heteroatoms. The monoisotopic (exact) mass is 501 g/mol. The van der Waals surface area contributed by atoms with Gasteiger partial charge in [-0.2, -0.15) is 0 Å². The summed E-state index contributed by atoms with van der Waals surface area (Å²) in [4.78, 5) is 11.8. The number of likely N-dealkylation sites (tertiary alicyclic amines) is 1. The molecule has 0 bridgehead atoms. The average molecular weight is 501 g/mol. The number of nitrogens with zero attached hydrogens (tertiary/aromatic N) is 4. The molecule has 0 amide bonds. The van der Waals surface area contributed by atoms with E-state index < -0.39 is 0 Å². The number of aliphatic imine (C=N–C) groups is 1. The van der Waals surface area contributed by atoms with E-state index in [2.05, 4.69) is 38.7 Å². The molecule has 2 aliphatic rings. The highest BCUT2D eigenvalue weighted by molar-refractivity contribution is 14.0. The standard InChI is InChI=1S/C21H35N5O.HI/c1-18-8-12-26(13-9-18)21(22)23-10-3-11-24-14-16-25(17-15-24)19-4-6-20(27-2)7-5-19;/h4-7,18H,3,8-17H2,1-2H3,(H2,22,23);1H. The number of guanidine groups is 1. The summed E-state index contributed by atoms with van der Waals surface area (Å²) in [6.07, 6.45) is 3.54. The van der Waals surface area contributed by atoms with Crippen molar-refractivity contribution >= 4 is 35.6 Å². The molecule has 2 N–H and O–H groups in total. The van der Waals surface area contributed by atoms with Gasteiger partial charge in [0.15, 0.2) is 5.96 Å². The zero-order chi connectivity index (χ0) is 19.1. The largest absolute Gasteiger partial charge is 0.497 e. The molecular formula is C21H36IN5O. The third-order valence-corrected chi connectivity index (χ3v) is 5.82. The zero-order valence-corrected chi connectivity index (χ0v) is 19.7. The van der Waals surface area contributed by atoms with Crippen LogP contribution in [0.25, 0.3) is 0 Å². The molecule has 0 aliphatic carbocycles. The summed E-state index contributed by atoms with van der Waals surface area (Å²) in [5, 5.41) is 0. The van der Waals surface area contributed by atoms with Crippen molar-refractivity contribution in [3.05, 3.63) is 24.3 Å². The van der Waals surface area contributed by atoms with E-state index in [1.165, 1.54) is 18.5 Å². The lowest BCUT2D eigenvalue weighted by Gasteiger charge is -2.36. The lowest BCUT2D eigenvalue weighted by atomic mass is 10.00. The molecule has 1 aromatic rings. The second-order valence-corrected chi connectivity index (χ2v) is 7.79. The van der Waals surface area contributed by atoms with Gasteiger partial charge in [0.2, 0.25) is 0 Å². The van der Waals surface area contributed by atoms with Gasteiger partial charge in [0, 0.05) is 58.0 Å². The third kappa shape index (κ3) is 6.69. The van der Waals surface area contributed by atoms with Crippen molar-refractivity contribution < 1.29 is 4.74 Å². The first-order valence-electron chi connectivity index (χ1n) is 10.3. The molecule has 0 atom stereocenters. The first kappa shape index (κ1) is 23.1. The number of ether oxygens (including phenoxy) is 1. The molecule has 3 rings (SSSR count). The van der Waals surface area contributed by atoms with E-state index in [0.717, 1.165) is 76.4 Å². The summed E-state index contributed by atoms with van der Waals surface area (Å²) in [5.74, 6) is 2.48. The number of hydrogen-bond acceptors (Lipinski definition) is 4. The van der Waals surface area contributed by atoms with Gasteiger partial charge in [0.1, 0.15) is 5.75 Å². The Morgan fingerprint density at radius 3 is 2.32 bits per heavy atom. The van der Waals surface area contributed by atoms with Crippen LogP contribution in [0.1, 0.15) is 26.2 Å². The summed E-state index contributed by atoms with van der Waals surface area (Å²) in [7, 11) is 1.71. The van der Waals surface area contributed by atoms with Crippen molar-refractivity contribution in [2.45, 2.75) is 26.2 Å². The number of hydrogen-bond donors (Lipinski definition) is 1. The minimum Gasteiger partial charge on any atom is -0.497 e. The molecule has 6 nitrogen and oxygen atoms in total. The summed E-state index contributed by atoms with van der Waals surface area (Å²) in [6, 6.07) is 8.36. The molecule has 0 radical (unpaired) electrons. The lowest BCUT2D eigenvalue weighted by molar-refractivity contribution is 0.255. The van der Waals surface area contributed by atoms with Gasteiger partial charge in [-0.05, 0) is 49.4 Å². The van der Waals surface area contributed by atoms with Crippen LogP contribution in [0.5, 0.6) is 5.75 Å². The average Bonchev–Trinajstić information content (AvgIpc) is 2.72. The van der Waals surface area contributed by atoms with Gasteiger partial charge in [-0.15, -0.1) is 24.0 Å². The van der Waals surface area contributed by atoms with E-state index in [1.54, 1.807) is 7.11 Å². The normalized spacial score (nSPS) is 19.4. The predicted octanol–water partition coefficient (Wildman–Crippen LogP) is 2.87. The van der Waals surface area contributed by atoms with Gasteiger partial charge in [-0.1, -0.05) is 6.92 Å². The number of benzene rings is 1. The summed E-state index contributed by atoms with van der Waals surface area (Å²) in [6.45, 7) is 10.7.